The molecule has 0 bridgehead atoms. The van der Waals surface area contributed by atoms with Crippen LogP contribution in [0.5, 0.6) is 0 Å². The van der Waals surface area contributed by atoms with Crippen LogP contribution in [0.25, 0.3) is 0 Å². The van der Waals surface area contributed by atoms with Crippen LogP contribution in [0.3, 0.4) is 0 Å². The molecule has 1 unspecified atom stereocenters. The first-order valence-electron chi connectivity index (χ1n) is 6.04. The second-order valence-electron chi connectivity index (χ2n) is 4.24. The van der Waals surface area contributed by atoms with Crippen LogP contribution in [0.4, 0.5) is 8.78 Å². The molecular weight excluding hydrogens is 248 g/mol. The highest BCUT2D eigenvalue weighted by Crippen LogP contribution is 2.20. The zero-order valence-electron chi connectivity index (χ0n) is 10.3. The molecule has 2 nitrogen and oxygen atoms in total. The van der Waals surface area contributed by atoms with E-state index in [0.29, 0.717) is 6.54 Å². The Kier molecular flexibility index (Phi) is 4.60. The summed E-state index contributed by atoms with van der Waals surface area (Å²) in [7, 11) is 0. The summed E-state index contributed by atoms with van der Waals surface area (Å²) in [5, 5.41) is 12.3. The minimum absolute atomic E-state index is 0.124. The van der Waals surface area contributed by atoms with E-state index in [1.165, 1.54) is 18.2 Å². The zero-order chi connectivity index (χ0) is 13.7. The second-order valence-corrected chi connectivity index (χ2v) is 4.24. The molecule has 2 N–H and O–H groups in total. The number of rotatable bonds is 5. The maximum absolute atomic E-state index is 13.6. The fourth-order valence-corrected chi connectivity index (χ4v) is 1.94. The predicted octanol–water partition coefficient (Wildman–Crippen LogP) is 2.79. The van der Waals surface area contributed by atoms with Crippen molar-refractivity contribution in [3.05, 3.63) is 71.3 Å². The standard InChI is InChI=1S/C15H15F2NO/c16-12-7-4-8-13(17)15(12)14(10-19)18-9-11-5-2-1-3-6-11/h1-8,14,18-19H,9-10H2. The summed E-state index contributed by atoms with van der Waals surface area (Å²) < 4.78 is 27.2. The Morgan fingerprint density at radius 3 is 2.16 bits per heavy atom. The molecule has 0 aliphatic carbocycles. The first-order valence-corrected chi connectivity index (χ1v) is 6.04. The van der Waals surface area contributed by atoms with Gasteiger partial charge in [-0.15, -0.1) is 0 Å². The van der Waals surface area contributed by atoms with Gasteiger partial charge in [0.05, 0.1) is 12.6 Å². The molecule has 2 aromatic rings. The molecule has 2 aromatic carbocycles. The van der Waals surface area contributed by atoms with Gasteiger partial charge in [0.1, 0.15) is 11.6 Å². The average molecular weight is 263 g/mol. The van der Waals surface area contributed by atoms with Crippen molar-refractivity contribution < 1.29 is 13.9 Å². The van der Waals surface area contributed by atoms with E-state index in [2.05, 4.69) is 5.32 Å². The van der Waals surface area contributed by atoms with Gasteiger partial charge in [0.2, 0.25) is 0 Å². The Bertz CT molecular complexity index is 511. The van der Waals surface area contributed by atoms with Crippen molar-refractivity contribution in [1.82, 2.24) is 5.32 Å². The minimum Gasteiger partial charge on any atom is -0.394 e. The van der Waals surface area contributed by atoms with Gasteiger partial charge in [0.15, 0.2) is 0 Å². The van der Waals surface area contributed by atoms with E-state index in [4.69, 9.17) is 0 Å². The van der Waals surface area contributed by atoms with Crippen molar-refractivity contribution in [3.8, 4) is 0 Å². The van der Waals surface area contributed by atoms with Gasteiger partial charge >= 0.3 is 0 Å². The molecular formula is C15H15F2NO. The number of hydrogen-bond acceptors (Lipinski definition) is 2. The van der Waals surface area contributed by atoms with E-state index < -0.39 is 17.7 Å². The van der Waals surface area contributed by atoms with Crippen LogP contribution < -0.4 is 5.32 Å². The van der Waals surface area contributed by atoms with Crippen molar-refractivity contribution in [1.29, 1.82) is 0 Å². The minimum atomic E-state index is -0.763. The lowest BCUT2D eigenvalue weighted by Crippen LogP contribution is -2.26. The van der Waals surface area contributed by atoms with Crippen LogP contribution in [0.2, 0.25) is 0 Å². The zero-order valence-corrected chi connectivity index (χ0v) is 10.3. The molecule has 1 atom stereocenters. The lowest BCUT2D eigenvalue weighted by Gasteiger charge is -2.18. The third-order valence-electron chi connectivity index (χ3n) is 2.93. The number of aliphatic hydroxyl groups excluding tert-OH is 1. The Morgan fingerprint density at radius 1 is 0.947 bits per heavy atom. The molecule has 0 saturated carbocycles. The van der Waals surface area contributed by atoms with Gasteiger partial charge in [-0.3, -0.25) is 0 Å². The van der Waals surface area contributed by atoms with Gasteiger partial charge in [0, 0.05) is 12.1 Å². The third-order valence-corrected chi connectivity index (χ3v) is 2.93. The second kappa shape index (κ2) is 6.41. The fraction of sp³-hybridized carbons (Fsp3) is 0.200. The lowest BCUT2D eigenvalue weighted by atomic mass is 10.1. The van der Waals surface area contributed by atoms with Gasteiger partial charge in [0.25, 0.3) is 0 Å². The fourth-order valence-electron chi connectivity index (χ4n) is 1.94. The molecule has 0 aromatic heterocycles. The monoisotopic (exact) mass is 263 g/mol. The first-order chi connectivity index (χ1) is 9.22. The maximum Gasteiger partial charge on any atom is 0.131 e. The van der Waals surface area contributed by atoms with Gasteiger partial charge < -0.3 is 10.4 Å². The van der Waals surface area contributed by atoms with Crippen molar-refractivity contribution >= 4 is 0 Å². The molecule has 19 heavy (non-hydrogen) atoms. The number of benzene rings is 2. The van der Waals surface area contributed by atoms with Crippen LogP contribution >= 0.6 is 0 Å². The summed E-state index contributed by atoms with van der Waals surface area (Å²) in [6, 6.07) is 12.4. The summed E-state index contributed by atoms with van der Waals surface area (Å²) in [5.41, 5.74) is 0.860. The highest BCUT2D eigenvalue weighted by atomic mass is 19.1. The molecule has 100 valence electrons. The van der Waals surface area contributed by atoms with Gasteiger partial charge in [-0.05, 0) is 17.7 Å². The topological polar surface area (TPSA) is 32.3 Å². The lowest BCUT2D eigenvalue weighted by molar-refractivity contribution is 0.237. The Labute approximate surface area is 110 Å². The summed E-state index contributed by atoms with van der Waals surface area (Å²) in [6.45, 7) is 0.0600. The first kappa shape index (κ1) is 13.6. The van der Waals surface area contributed by atoms with Crippen LogP contribution in [0.15, 0.2) is 48.5 Å². The van der Waals surface area contributed by atoms with E-state index in [-0.39, 0.29) is 12.2 Å². The SMILES string of the molecule is OCC(NCc1ccccc1)c1c(F)cccc1F. The number of aliphatic hydroxyl groups is 1. The summed E-state index contributed by atoms with van der Waals surface area (Å²) in [5.74, 6) is -1.31. The summed E-state index contributed by atoms with van der Waals surface area (Å²) in [4.78, 5) is 0. The molecule has 0 amide bonds. The van der Waals surface area contributed by atoms with E-state index >= 15 is 0 Å². The van der Waals surface area contributed by atoms with Crippen molar-refractivity contribution in [2.45, 2.75) is 12.6 Å². The van der Waals surface area contributed by atoms with Crippen molar-refractivity contribution in [3.63, 3.8) is 0 Å². The largest absolute Gasteiger partial charge is 0.394 e. The molecule has 0 heterocycles. The Balaban J connectivity index is 2.12. The molecule has 0 spiro atoms. The van der Waals surface area contributed by atoms with E-state index in [9.17, 15) is 13.9 Å². The molecule has 0 aliphatic heterocycles. The van der Waals surface area contributed by atoms with Crippen molar-refractivity contribution in [2.75, 3.05) is 6.61 Å². The smallest absolute Gasteiger partial charge is 0.131 e. The quantitative estimate of drug-likeness (QED) is 0.869. The van der Waals surface area contributed by atoms with E-state index in [0.717, 1.165) is 5.56 Å². The maximum atomic E-state index is 13.6. The molecule has 2 rings (SSSR count). The van der Waals surface area contributed by atoms with Gasteiger partial charge in [-0.1, -0.05) is 36.4 Å². The molecule has 0 fully saturated rings. The number of nitrogens with one attached hydrogen (secondary N) is 1. The molecule has 0 aliphatic rings. The predicted molar refractivity (Wildman–Crippen MR) is 69.5 cm³/mol. The third kappa shape index (κ3) is 3.36. The van der Waals surface area contributed by atoms with Crippen molar-refractivity contribution in [2.24, 2.45) is 0 Å². The molecule has 0 saturated heterocycles. The highest BCUT2D eigenvalue weighted by Gasteiger charge is 2.18. The average Bonchev–Trinajstić information content (AvgIpc) is 2.43. The van der Waals surface area contributed by atoms with Crippen LogP contribution in [-0.4, -0.2) is 11.7 Å². The summed E-state index contributed by atoms with van der Waals surface area (Å²) >= 11 is 0. The normalized spacial score (nSPS) is 12.4. The number of halogens is 2. The Morgan fingerprint density at radius 2 is 1.58 bits per heavy atom. The van der Waals surface area contributed by atoms with E-state index in [1.807, 2.05) is 30.3 Å². The van der Waals surface area contributed by atoms with Crippen LogP contribution in [0.1, 0.15) is 17.2 Å². The van der Waals surface area contributed by atoms with Crippen LogP contribution in [0, 0.1) is 11.6 Å². The highest BCUT2D eigenvalue weighted by molar-refractivity contribution is 5.24. The Hall–Kier alpha value is -1.78. The van der Waals surface area contributed by atoms with E-state index in [1.54, 1.807) is 0 Å². The molecule has 4 heteroatoms. The van der Waals surface area contributed by atoms with Crippen LogP contribution in [-0.2, 0) is 6.54 Å². The van der Waals surface area contributed by atoms with Gasteiger partial charge in [-0.2, -0.15) is 0 Å². The molecule has 0 radical (unpaired) electrons. The number of hydrogen-bond donors (Lipinski definition) is 2. The van der Waals surface area contributed by atoms with Gasteiger partial charge in [-0.25, -0.2) is 8.78 Å². The summed E-state index contributed by atoms with van der Waals surface area (Å²) in [6.07, 6.45) is 0.